The van der Waals surface area contributed by atoms with Crippen LogP contribution >= 0.6 is 11.3 Å². The van der Waals surface area contributed by atoms with E-state index < -0.39 is 0 Å². The molecule has 0 saturated heterocycles. The highest BCUT2D eigenvalue weighted by Gasteiger charge is 2.08. The van der Waals surface area contributed by atoms with Crippen LogP contribution in [0.2, 0.25) is 0 Å². The Hall–Kier alpha value is -1.94. The van der Waals surface area contributed by atoms with E-state index in [0.717, 1.165) is 21.6 Å². The molecule has 0 bridgehead atoms. The predicted octanol–water partition coefficient (Wildman–Crippen LogP) is 2.94. The lowest BCUT2D eigenvalue weighted by Gasteiger charge is -2.04. The lowest BCUT2D eigenvalue weighted by molar-refractivity contribution is 1.34. The van der Waals surface area contributed by atoms with Crippen LogP contribution in [0.15, 0.2) is 41.9 Å². The van der Waals surface area contributed by atoms with Gasteiger partial charge in [0.05, 0.1) is 11.2 Å². The molecule has 3 rings (SSSR count). The first-order valence-electron chi connectivity index (χ1n) is 4.90. The predicted molar refractivity (Wildman–Crippen MR) is 67.3 cm³/mol. The smallest absolute Gasteiger partial charge is 0.143 e. The third-order valence-corrected chi connectivity index (χ3v) is 3.17. The van der Waals surface area contributed by atoms with Gasteiger partial charge in [0.1, 0.15) is 10.7 Å². The molecule has 0 radical (unpaired) electrons. The highest BCUT2D eigenvalue weighted by atomic mass is 32.1. The first kappa shape index (κ1) is 9.30. The van der Waals surface area contributed by atoms with E-state index in [4.69, 9.17) is 5.73 Å². The molecule has 0 atom stereocenters. The van der Waals surface area contributed by atoms with E-state index in [1.54, 1.807) is 17.5 Å². The maximum Gasteiger partial charge on any atom is 0.143 e. The summed E-state index contributed by atoms with van der Waals surface area (Å²) in [6, 6.07) is 9.87. The fourth-order valence-corrected chi connectivity index (χ4v) is 2.29. The molecule has 0 aliphatic heterocycles. The van der Waals surface area contributed by atoms with Gasteiger partial charge in [-0.1, -0.05) is 18.2 Å². The number of fused-ring (bicyclic) bond motifs is 1. The second-order valence-electron chi connectivity index (χ2n) is 3.46. The topological polar surface area (TPSA) is 51.8 Å². The van der Waals surface area contributed by atoms with Gasteiger partial charge in [0.15, 0.2) is 0 Å². The highest BCUT2D eigenvalue weighted by molar-refractivity contribution is 7.13. The van der Waals surface area contributed by atoms with Crippen molar-refractivity contribution in [3.8, 4) is 10.7 Å². The summed E-state index contributed by atoms with van der Waals surface area (Å²) in [6.07, 6.45) is 1.76. The van der Waals surface area contributed by atoms with E-state index in [2.05, 4.69) is 9.97 Å². The van der Waals surface area contributed by atoms with Crippen LogP contribution in [0.5, 0.6) is 0 Å². The summed E-state index contributed by atoms with van der Waals surface area (Å²) in [7, 11) is 0. The first-order valence-corrected chi connectivity index (χ1v) is 5.78. The minimum Gasteiger partial charge on any atom is -0.397 e. The van der Waals surface area contributed by atoms with E-state index in [1.165, 1.54) is 0 Å². The molecule has 0 unspecified atom stereocenters. The number of nitrogens with zero attached hydrogens (tertiary/aromatic N) is 2. The Morgan fingerprint density at radius 1 is 1.19 bits per heavy atom. The summed E-state index contributed by atoms with van der Waals surface area (Å²) in [4.78, 5) is 8.77. The van der Waals surface area contributed by atoms with Crippen molar-refractivity contribution in [3.63, 3.8) is 0 Å². The van der Waals surface area contributed by atoms with Gasteiger partial charge in [0.2, 0.25) is 0 Å². The first-order chi connectivity index (χ1) is 7.84. The van der Waals surface area contributed by atoms with Crippen molar-refractivity contribution in [1.82, 2.24) is 9.97 Å². The number of benzene rings is 1. The molecule has 3 aromatic rings. The molecule has 0 fully saturated rings. The van der Waals surface area contributed by atoms with Gasteiger partial charge in [0, 0.05) is 17.0 Å². The molecule has 2 heterocycles. The summed E-state index contributed by atoms with van der Waals surface area (Å²) in [5, 5.41) is 3.84. The fraction of sp³-hybridized carbons (Fsp3) is 0. The van der Waals surface area contributed by atoms with Crippen molar-refractivity contribution in [3.05, 3.63) is 41.9 Å². The molecule has 78 valence electrons. The number of para-hydroxylation sites is 1. The molecule has 0 aliphatic carbocycles. The zero-order valence-corrected chi connectivity index (χ0v) is 9.24. The maximum atomic E-state index is 5.98. The third-order valence-electron chi connectivity index (χ3n) is 2.39. The molecule has 0 amide bonds. The summed E-state index contributed by atoms with van der Waals surface area (Å²) < 4.78 is 0. The molecule has 2 N–H and O–H groups in total. The standard InChI is InChI=1S/C12H9N3S/c13-9-7-8-3-1-2-4-10(8)15-11(9)12-14-5-6-16-12/h1-7H,13H2. The van der Waals surface area contributed by atoms with Crippen LogP contribution in [0.3, 0.4) is 0 Å². The summed E-state index contributed by atoms with van der Waals surface area (Å²) in [6.45, 7) is 0. The summed E-state index contributed by atoms with van der Waals surface area (Å²) in [5.74, 6) is 0. The van der Waals surface area contributed by atoms with Gasteiger partial charge in [-0.3, -0.25) is 0 Å². The van der Waals surface area contributed by atoms with Gasteiger partial charge < -0.3 is 5.73 Å². The number of rotatable bonds is 1. The number of aromatic nitrogens is 2. The van der Waals surface area contributed by atoms with Gasteiger partial charge >= 0.3 is 0 Å². The number of hydrogen-bond acceptors (Lipinski definition) is 4. The molecule has 3 nitrogen and oxygen atoms in total. The van der Waals surface area contributed by atoms with Gasteiger partial charge in [-0.25, -0.2) is 9.97 Å². The molecular formula is C12H9N3S. The Morgan fingerprint density at radius 2 is 2.06 bits per heavy atom. The van der Waals surface area contributed by atoms with Crippen molar-refractivity contribution in [1.29, 1.82) is 0 Å². The molecule has 1 aromatic carbocycles. The van der Waals surface area contributed by atoms with E-state index >= 15 is 0 Å². The molecule has 16 heavy (non-hydrogen) atoms. The van der Waals surface area contributed by atoms with Gasteiger partial charge in [0.25, 0.3) is 0 Å². The average Bonchev–Trinajstić information content (AvgIpc) is 2.81. The van der Waals surface area contributed by atoms with Crippen LogP contribution in [-0.4, -0.2) is 9.97 Å². The Bertz CT molecular complexity index is 632. The van der Waals surface area contributed by atoms with Gasteiger partial charge in [-0.05, 0) is 12.1 Å². The number of anilines is 1. The molecule has 0 aliphatic rings. The molecule has 0 spiro atoms. The van der Waals surface area contributed by atoms with E-state index in [-0.39, 0.29) is 0 Å². The van der Waals surface area contributed by atoms with Crippen LogP contribution in [0, 0.1) is 0 Å². The van der Waals surface area contributed by atoms with E-state index in [9.17, 15) is 0 Å². The van der Waals surface area contributed by atoms with Crippen molar-refractivity contribution >= 4 is 27.9 Å². The van der Waals surface area contributed by atoms with Crippen LogP contribution in [0.4, 0.5) is 5.69 Å². The Labute approximate surface area is 96.6 Å². The number of pyridine rings is 1. The quantitative estimate of drug-likeness (QED) is 0.695. The normalized spacial score (nSPS) is 10.8. The Kier molecular flexibility index (Phi) is 2.08. The largest absolute Gasteiger partial charge is 0.397 e. The van der Waals surface area contributed by atoms with Crippen molar-refractivity contribution in [2.45, 2.75) is 0 Å². The lowest BCUT2D eigenvalue weighted by atomic mass is 10.2. The number of thiazole rings is 1. The Balaban J connectivity index is 2.30. The van der Waals surface area contributed by atoms with Crippen LogP contribution in [0.1, 0.15) is 0 Å². The van der Waals surface area contributed by atoms with Crippen molar-refractivity contribution in [2.24, 2.45) is 0 Å². The Morgan fingerprint density at radius 3 is 2.88 bits per heavy atom. The molecule has 0 saturated carbocycles. The van der Waals surface area contributed by atoms with Crippen LogP contribution in [0.25, 0.3) is 21.6 Å². The van der Waals surface area contributed by atoms with Gasteiger partial charge in [-0.2, -0.15) is 0 Å². The minimum atomic E-state index is 0.675. The highest BCUT2D eigenvalue weighted by Crippen LogP contribution is 2.28. The van der Waals surface area contributed by atoms with Crippen molar-refractivity contribution < 1.29 is 0 Å². The SMILES string of the molecule is Nc1cc2ccccc2nc1-c1nccs1. The second-order valence-corrected chi connectivity index (χ2v) is 4.35. The minimum absolute atomic E-state index is 0.675. The maximum absolute atomic E-state index is 5.98. The molecule has 4 heteroatoms. The third kappa shape index (κ3) is 1.44. The molecular weight excluding hydrogens is 218 g/mol. The summed E-state index contributed by atoms with van der Waals surface area (Å²) in [5.41, 5.74) is 8.37. The number of nitrogen functional groups attached to an aromatic ring is 1. The summed E-state index contributed by atoms with van der Waals surface area (Å²) >= 11 is 1.55. The fourth-order valence-electron chi connectivity index (χ4n) is 1.64. The average molecular weight is 227 g/mol. The van der Waals surface area contributed by atoms with Gasteiger partial charge in [-0.15, -0.1) is 11.3 Å². The lowest BCUT2D eigenvalue weighted by Crippen LogP contribution is -1.93. The second kappa shape index (κ2) is 3.57. The van der Waals surface area contributed by atoms with Crippen molar-refractivity contribution in [2.75, 3.05) is 5.73 Å². The zero-order chi connectivity index (χ0) is 11.0. The number of hydrogen-bond donors (Lipinski definition) is 1. The number of nitrogens with two attached hydrogens (primary N) is 1. The monoisotopic (exact) mass is 227 g/mol. The van der Waals surface area contributed by atoms with E-state index in [1.807, 2.05) is 35.7 Å². The zero-order valence-electron chi connectivity index (χ0n) is 8.42. The molecule has 2 aromatic heterocycles. The van der Waals surface area contributed by atoms with Crippen LogP contribution < -0.4 is 5.73 Å². The van der Waals surface area contributed by atoms with Crippen LogP contribution in [-0.2, 0) is 0 Å². The van der Waals surface area contributed by atoms with E-state index in [0.29, 0.717) is 5.69 Å².